The zero-order valence-electron chi connectivity index (χ0n) is 14.6. The fourth-order valence-electron chi connectivity index (χ4n) is 2.00. The Morgan fingerprint density at radius 2 is 2.07 bits per heavy atom. The zero-order valence-corrected chi connectivity index (χ0v) is 16.1. The molecule has 0 fully saturated rings. The smallest absolute Gasteiger partial charge is 0.345 e. The summed E-state index contributed by atoms with van der Waals surface area (Å²) in [5.74, 6) is 0.0861. The van der Waals surface area contributed by atoms with E-state index in [1.165, 1.54) is 7.11 Å². The highest BCUT2D eigenvalue weighted by Gasteiger charge is 2.15. The van der Waals surface area contributed by atoms with Crippen LogP contribution in [0, 0.1) is 0 Å². The molecular weight excluding hydrogens is 386 g/mol. The van der Waals surface area contributed by atoms with Crippen molar-refractivity contribution in [1.82, 2.24) is 10.7 Å². The quantitative estimate of drug-likeness (QED) is 0.184. The SMILES string of the molecule is C=CCNC(=S)N/N=C\c1ccc(OC(=O)c2ccccc2Cl)c(OC)c1. The molecular formula is C19H18ClN3O3S. The number of halogens is 1. The molecule has 0 radical (unpaired) electrons. The van der Waals surface area contributed by atoms with Gasteiger partial charge in [0.1, 0.15) is 0 Å². The summed E-state index contributed by atoms with van der Waals surface area (Å²) in [5.41, 5.74) is 3.68. The third kappa shape index (κ3) is 6.09. The van der Waals surface area contributed by atoms with Gasteiger partial charge in [0.25, 0.3) is 0 Å². The van der Waals surface area contributed by atoms with Crippen molar-refractivity contribution < 1.29 is 14.3 Å². The van der Waals surface area contributed by atoms with Gasteiger partial charge in [0.2, 0.25) is 0 Å². The summed E-state index contributed by atoms with van der Waals surface area (Å²) in [6.45, 7) is 4.13. The van der Waals surface area contributed by atoms with E-state index in [1.54, 1.807) is 54.8 Å². The van der Waals surface area contributed by atoms with Gasteiger partial charge in [0, 0.05) is 6.54 Å². The van der Waals surface area contributed by atoms with Gasteiger partial charge in [-0.05, 0) is 48.1 Å². The van der Waals surface area contributed by atoms with Crippen LogP contribution in [0.25, 0.3) is 0 Å². The number of nitrogens with one attached hydrogen (secondary N) is 2. The van der Waals surface area contributed by atoms with Crippen molar-refractivity contribution in [2.75, 3.05) is 13.7 Å². The van der Waals surface area contributed by atoms with Crippen LogP contribution in [0.5, 0.6) is 11.5 Å². The minimum Gasteiger partial charge on any atom is -0.493 e. The van der Waals surface area contributed by atoms with Crippen molar-refractivity contribution in [1.29, 1.82) is 0 Å². The van der Waals surface area contributed by atoms with E-state index in [9.17, 15) is 4.79 Å². The lowest BCUT2D eigenvalue weighted by Gasteiger charge is -2.10. The Balaban J connectivity index is 2.07. The lowest BCUT2D eigenvalue weighted by molar-refractivity contribution is 0.0730. The Kier molecular flexibility index (Phi) is 7.79. The number of hydrogen-bond acceptors (Lipinski definition) is 5. The average Bonchev–Trinajstić information content (AvgIpc) is 2.67. The molecule has 2 N–H and O–H groups in total. The van der Waals surface area contributed by atoms with Crippen molar-refractivity contribution in [3.05, 3.63) is 71.3 Å². The second-order valence-corrected chi connectivity index (χ2v) is 5.96. The van der Waals surface area contributed by atoms with Crippen LogP contribution in [0.3, 0.4) is 0 Å². The van der Waals surface area contributed by atoms with Crippen LogP contribution in [0.1, 0.15) is 15.9 Å². The molecule has 8 heteroatoms. The molecule has 0 aliphatic heterocycles. The molecule has 0 heterocycles. The number of esters is 1. The number of benzene rings is 2. The van der Waals surface area contributed by atoms with Crippen LogP contribution in [0.4, 0.5) is 0 Å². The molecule has 2 aromatic carbocycles. The number of hydrogen-bond donors (Lipinski definition) is 2. The fraction of sp³-hybridized carbons (Fsp3) is 0.105. The Morgan fingerprint density at radius 1 is 1.30 bits per heavy atom. The van der Waals surface area contributed by atoms with E-state index >= 15 is 0 Å². The summed E-state index contributed by atoms with van der Waals surface area (Å²) in [7, 11) is 1.48. The lowest BCUT2D eigenvalue weighted by atomic mass is 10.2. The predicted octanol–water partition coefficient (Wildman–Crippen LogP) is 3.55. The average molecular weight is 404 g/mol. The number of carbonyl (C=O) groups is 1. The number of carbonyl (C=O) groups excluding carboxylic acids is 1. The molecule has 0 amide bonds. The van der Waals surface area contributed by atoms with Crippen molar-refractivity contribution >= 4 is 41.1 Å². The molecule has 0 atom stereocenters. The first-order chi connectivity index (χ1) is 13.0. The first-order valence-electron chi connectivity index (χ1n) is 7.87. The maximum Gasteiger partial charge on any atom is 0.345 e. The van der Waals surface area contributed by atoms with E-state index in [4.69, 9.17) is 33.3 Å². The summed E-state index contributed by atoms with van der Waals surface area (Å²) >= 11 is 11.1. The highest BCUT2D eigenvalue weighted by atomic mass is 35.5. The van der Waals surface area contributed by atoms with Gasteiger partial charge in [0.15, 0.2) is 16.6 Å². The largest absolute Gasteiger partial charge is 0.493 e. The highest BCUT2D eigenvalue weighted by Crippen LogP contribution is 2.29. The van der Waals surface area contributed by atoms with Gasteiger partial charge < -0.3 is 14.8 Å². The number of rotatable bonds is 7. The standard InChI is InChI=1S/C19H18ClN3O3S/c1-3-10-21-19(27)23-22-12-13-8-9-16(17(11-13)25-2)26-18(24)14-6-4-5-7-15(14)20/h3-9,11-12H,1,10H2,2H3,(H2,21,23,27)/b22-12-. The molecule has 2 rings (SSSR count). The maximum atomic E-state index is 12.3. The maximum absolute atomic E-state index is 12.3. The van der Waals surface area contributed by atoms with Crippen LogP contribution in [-0.2, 0) is 0 Å². The lowest BCUT2D eigenvalue weighted by Crippen LogP contribution is -2.31. The normalized spacial score (nSPS) is 10.3. The second kappa shape index (κ2) is 10.3. The van der Waals surface area contributed by atoms with Crippen LogP contribution in [0.2, 0.25) is 5.02 Å². The molecule has 0 saturated carbocycles. The number of methoxy groups -OCH3 is 1. The van der Waals surface area contributed by atoms with Gasteiger partial charge in [-0.25, -0.2) is 4.79 Å². The topological polar surface area (TPSA) is 72.0 Å². The summed E-state index contributed by atoms with van der Waals surface area (Å²) in [6, 6.07) is 11.7. The van der Waals surface area contributed by atoms with Crippen LogP contribution >= 0.6 is 23.8 Å². The molecule has 0 unspecified atom stereocenters. The van der Waals surface area contributed by atoms with Crippen LogP contribution in [0.15, 0.2) is 60.2 Å². The van der Waals surface area contributed by atoms with E-state index in [1.807, 2.05) is 0 Å². The molecule has 0 aliphatic rings. The number of hydrazone groups is 1. The van der Waals surface area contributed by atoms with E-state index < -0.39 is 5.97 Å². The molecule has 0 bridgehead atoms. The van der Waals surface area contributed by atoms with Gasteiger partial charge in [-0.2, -0.15) is 5.10 Å². The molecule has 6 nitrogen and oxygen atoms in total. The van der Waals surface area contributed by atoms with Crippen molar-refractivity contribution in [2.45, 2.75) is 0 Å². The summed E-state index contributed by atoms with van der Waals surface area (Å²) in [6.07, 6.45) is 3.25. The van der Waals surface area contributed by atoms with Gasteiger partial charge in [-0.15, -0.1) is 6.58 Å². The molecule has 2 aromatic rings. The van der Waals surface area contributed by atoms with Crippen LogP contribution in [-0.4, -0.2) is 31.0 Å². The van der Waals surface area contributed by atoms with E-state index in [0.717, 1.165) is 5.56 Å². The van der Waals surface area contributed by atoms with E-state index in [-0.39, 0.29) is 11.3 Å². The molecule has 0 saturated heterocycles. The summed E-state index contributed by atoms with van der Waals surface area (Å²) in [5, 5.41) is 7.61. The Hall–Kier alpha value is -2.90. The highest BCUT2D eigenvalue weighted by molar-refractivity contribution is 7.80. The first kappa shape index (κ1) is 20.4. The molecule has 0 aromatic heterocycles. The Morgan fingerprint density at radius 3 is 2.78 bits per heavy atom. The van der Waals surface area contributed by atoms with Crippen molar-refractivity contribution in [2.24, 2.45) is 5.10 Å². The predicted molar refractivity (Wildman–Crippen MR) is 111 cm³/mol. The zero-order chi connectivity index (χ0) is 19.6. The Labute approximate surface area is 167 Å². The van der Waals surface area contributed by atoms with Crippen LogP contribution < -0.4 is 20.2 Å². The Bertz CT molecular complexity index is 871. The number of ether oxygens (including phenoxy) is 2. The van der Waals surface area contributed by atoms with Gasteiger partial charge >= 0.3 is 5.97 Å². The minimum atomic E-state index is -0.569. The molecule has 140 valence electrons. The van der Waals surface area contributed by atoms with Gasteiger partial charge in [-0.1, -0.05) is 29.8 Å². The number of nitrogens with zero attached hydrogens (tertiary/aromatic N) is 1. The third-order valence-electron chi connectivity index (χ3n) is 3.27. The molecule has 0 spiro atoms. The van der Waals surface area contributed by atoms with E-state index in [2.05, 4.69) is 22.4 Å². The second-order valence-electron chi connectivity index (χ2n) is 5.15. The number of thiocarbonyl (C=S) groups is 1. The fourth-order valence-corrected chi connectivity index (χ4v) is 2.35. The van der Waals surface area contributed by atoms with Gasteiger partial charge in [-0.3, -0.25) is 5.43 Å². The molecule has 0 aliphatic carbocycles. The van der Waals surface area contributed by atoms with Crippen molar-refractivity contribution in [3.63, 3.8) is 0 Å². The third-order valence-corrected chi connectivity index (χ3v) is 3.84. The van der Waals surface area contributed by atoms with Crippen molar-refractivity contribution in [3.8, 4) is 11.5 Å². The molecule has 27 heavy (non-hydrogen) atoms. The van der Waals surface area contributed by atoms with E-state index in [0.29, 0.717) is 22.4 Å². The van der Waals surface area contributed by atoms with Gasteiger partial charge in [0.05, 0.1) is 23.9 Å². The monoisotopic (exact) mass is 403 g/mol. The minimum absolute atomic E-state index is 0.274. The first-order valence-corrected chi connectivity index (χ1v) is 8.66. The summed E-state index contributed by atoms with van der Waals surface area (Å²) in [4.78, 5) is 12.3. The summed E-state index contributed by atoms with van der Waals surface area (Å²) < 4.78 is 10.7.